The molecule has 1 spiro atoms. The van der Waals surface area contributed by atoms with E-state index in [1.54, 1.807) is 6.08 Å². The number of aromatic hydroxyl groups is 2. The number of phenolic OH excluding ortho intramolecular Hbond substituents is 2. The van der Waals surface area contributed by atoms with Crippen molar-refractivity contribution >= 4 is 11.6 Å². The zero-order chi connectivity index (χ0) is 32.4. The summed E-state index contributed by atoms with van der Waals surface area (Å²) in [7, 11) is 0. The molecule has 44 heavy (non-hydrogen) atoms. The molecule has 2 fully saturated rings. The van der Waals surface area contributed by atoms with Crippen molar-refractivity contribution in [1.82, 2.24) is 0 Å². The highest BCUT2D eigenvalue weighted by molar-refractivity contribution is 6.18. The molecule has 3 aliphatic carbocycles. The molecule has 4 bridgehead atoms. The Kier molecular flexibility index (Phi) is 8.16. The first-order valence-electron chi connectivity index (χ1n) is 15.9. The van der Waals surface area contributed by atoms with Crippen molar-refractivity contribution in [3.63, 3.8) is 0 Å². The molecule has 1 saturated carbocycles. The minimum atomic E-state index is -1.39. The number of ketones is 2. The maximum atomic E-state index is 14.7. The summed E-state index contributed by atoms with van der Waals surface area (Å²) in [5.41, 5.74) is 2.21. The average Bonchev–Trinajstić information content (AvgIpc) is 3.08. The summed E-state index contributed by atoms with van der Waals surface area (Å²) in [5, 5.41) is 23.5. The Morgan fingerprint density at radius 3 is 2.16 bits per heavy atom. The lowest BCUT2D eigenvalue weighted by Crippen LogP contribution is -2.72. The van der Waals surface area contributed by atoms with Crippen LogP contribution in [0.2, 0.25) is 0 Å². The van der Waals surface area contributed by atoms with Gasteiger partial charge in [0, 0.05) is 35.0 Å². The van der Waals surface area contributed by atoms with Crippen LogP contribution in [0.3, 0.4) is 0 Å². The van der Waals surface area contributed by atoms with Crippen molar-refractivity contribution in [2.45, 2.75) is 118 Å². The highest BCUT2D eigenvalue weighted by atomic mass is 16.6. The zero-order valence-electron chi connectivity index (χ0n) is 27.8. The molecule has 6 rings (SSSR count). The van der Waals surface area contributed by atoms with Gasteiger partial charge in [0.05, 0.1) is 5.60 Å². The molecule has 1 aromatic rings. The van der Waals surface area contributed by atoms with Crippen molar-refractivity contribution in [3.8, 4) is 17.2 Å². The van der Waals surface area contributed by atoms with Crippen molar-refractivity contribution < 1.29 is 29.3 Å². The predicted molar refractivity (Wildman–Crippen MR) is 173 cm³/mol. The lowest BCUT2D eigenvalue weighted by Gasteiger charge is -2.56. The third-order valence-corrected chi connectivity index (χ3v) is 9.95. The van der Waals surface area contributed by atoms with Gasteiger partial charge in [-0.3, -0.25) is 9.59 Å². The summed E-state index contributed by atoms with van der Waals surface area (Å²) in [6.07, 6.45) is 13.1. The Morgan fingerprint density at radius 2 is 1.52 bits per heavy atom. The molecule has 6 nitrogen and oxygen atoms in total. The van der Waals surface area contributed by atoms with E-state index >= 15 is 0 Å². The molecule has 2 N–H and O–H groups in total. The van der Waals surface area contributed by atoms with Gasteiger partial charge in [0.2, 0.25) is 0 Å². The first-order valence-corrected chi connectivity index (χ1v) is 15.9. The average molecular weight is 601 g/mol. The third-order valence-electron chi connectivity index (χ3n) is 9.95. The highest BCUT2D eigenvalue weighted by Gasteiger charge is 2.81. The lowest BCUT2D eigenvalue weighted by molar-refractivity contribution is -0.171. The van der Waals surface area contributed by atoms with Gasteiger partial charge in [0.1, 0.15) is 22.8 Å². The summed E-state index contributed by atoms with van der Waals surface area (Å²) in [6, 6.07) is 0. The second-order valence-electron chi connectivity index (χ2n) is 14.4. The zero-order valence-corrected chi connectivity index (χ0v) is 27.8. The van der Waals surface area contributed by atoms with E-state index in [1.807, 2.05) is 66.7 Å². The lowest BCUT2D eigenvalue weighted by atomic mass is 9.51. The van der Waals surface area contributed by atoms with Crippen molar-refractivity contribution in [2.75, 3.05) is 0 Å². The van der Waals surface area contributed by atoms with E-state index in [-0.39, 0.29) is 53.1 Å². The molecule has 0 aromatic heterocycles. The molecule has 0 amide bonds. The van der Waals surface area contributed by atoms with Gasteiger partial charge >= 0.3 is 0 Å². The summed E-state index contributed by atoms with van der Waals surface area (Å²) >= 11 is 0. The molecule has 4 atom stereocenters. The van der Waals surface area contributed by atoms with Crippen molar-refractivity contribution in [2.24, 2.45) is 11.8 Å². The smallest absolute Gasteiger partial charge is 0.200 e. The van der Waals surface area contributed by atoms with Gasteiger partial charge < -0.3 is 19.7 Å². The minimum absolute atomic E-state index is 0.0667. The van der Waals surface area contributed by atoms with Gasteiger partial charge in [-0.05, 0) is 94.4 Å². The summed E-state index contributed by atoms with van der Waals surface area (Å²) < 4.78 is 13.8. The molecule has 5 aliphatic rings. The maximum absolute atomic E-state index is 14.7. The Hall–Kier alpha value is -3.38. The molecule has 1 aromatic carbocycles. The number of hydrogen-bond acceptors (Lipinski definition) is 6. The topological polar surface area (TPSA) is 93.1 Å². The van der Waals surface area contributed by atoms with E-state index in [9.17, 15) is 19.8 Å². The van der Waals surface area contributed by atoms with Gasteiger partial charge in [-0.2, -0.15) is 0 Å². The maximum Gasteiger partial charge on any atom is 0.200 e. The van der Waals surface area contributed by atoms with Gasteiger partial charge in [-0.15, -0.1) is 0 Å². The van der Waals surface area contributed by atoms with Gasteiger partial charge in [-0.25, -0.2) is 0 Å². The number of Topliss-reactive ketones (excluding diaryl/α,β-unsaturated/α-hetero) is 2. The normalized spacial score (nSPS) is 27.7. The summed E-state index contributed by atoms with van der Waals surface area (Å²) in [5.74, 6) is -1.33. The number of carbonyl (C=O) groups is 2. The van der Waals surface area contributed by atoms with Crippen LogP contribution < -0.4 is 4.74 Å². The molecule has 236 valence electrons. The summed E-state index contributed by atoms with van der Waals surface area (Å²) in [4.78, 5) is 28.8. The Bertz CT molecular complexity index is 1570. The fraction of sp³-hybridized carbons (Fsp3) is 0.526. The molecule has 2 aliphatic heterocycles. The number of allylic oxidation sites excluding steroid dienone is 8. The number of ether oxygens (including phenoxy) is 2. The van der Waals surface area contributed by atoms with Crippen LogP contribution in [-0.4, -0.2) is 38.6 Å². The van der Waals surface area contributed by atoms with Crippen LogP contribution in [0.5, 0.6) is 17.2 Å². The number of benzene rings is 1. The highest BCUT2D eigenvalue weighted by Crippen LogP contribution is 2.68. The number of fused-ring (bicyclic) bond motifs is 1. The van der Waals surface area contributed by atoms with E-state index in [0.717, 1.165) is 29.6 Å². The largest absolute Gasteiger partial charge is 0.507 e. The van der Waals surface area contributed by atoms with Crippen LogP contribution in [0.15, 0.2) is 58.2 Å². The van der Waals surface area contributed by atoms with E-state index in [4.69, 9.17) is 9.47 Å². The predicted octanol–water partition coefficient (Wildman–Crippen LogP) is 8.20. The Morgan fingerprint density at radius 1 is 0.886 bits per heavy atom. The van der Waals surface area contributed by atoms with Gasteiger partial charge in [0.15, 0.2) is 22.8 Å². The molecular formula is C38H48O6. The molecule has 1 saturated heterocycles. The van der Waals surface area contributed by atoms with Crippen LogP contribution in [0.1, 0.15) is 109 Å². The van der Waals surface area contributed by atoms with Crippen LogP contribution in [0.25, 0.3) is 0 Å². The number of rotatable bonds is 9. The fourth-order valence-corrected chi connectivity index (χ4v) is 7.76. The molecule has 2 heterocycles. The van der Waals surface area contributed by atoms with Crippen molar-refractivity contribution in [1.29, 1.82) is 0 Å². The van der Waals surface area contributed by atoms with Crippen LogP contribution in [-0.2, 0) is 22.4 Å². The fourth-order valence-electron chi connectivity index (χ4n) is 7.76. The van der Waals surface area contributed by atoms with Gasteiger partial charge in [-0.1, -0.05) is 52.7 Å². The first-order chi connectivity index (χ1) is 20.6. The van der Waals surface area contributed by atoms with Crippen molar-refractivity contribution in [3.05, 3.63) is 74.9 Å². The van der Waals surface area contributed by atoms with E-state index in [0.29, 0.717) is 29.5 Å². The number of carbonyl (C=O) groups excluding carboxylic acids is 2. The third kappa shape index (κ3) is 4.81. The number of hydrogen-bond donors (Lipinski definition) is 2. The minimum Gasteiger partial charge on any atom is -0.507 e. The quantitative estimate of drug-likeness (QED) is 0.278. The SMILES string of the molecule is CC(C)=CCC/C(C)=C/Cc1c(O)c(CC=C(C)C)c2c(c1O)C(=O)C1=C[C@@H]3CC4C(C)(C)O[C@](CC=C(C)C)(C3=O)[C@@]14O2. The Labute approximate surface area is 262 Å². The molecular weight excluding hydrogens is 552 g/mol. The summed E-state index contributed by atoms with van der Waals surface area (Å²) in [6.45, 7) is 18.0. The monoisotopic (exact) mass is 600 g/mol. The first kappa shape index (κ1) is 32.0. The molecule has 1 unspecified atom stereocenters. The van der Waals surface area contributed by atoms with E-state index < -0.39 is 22.7 Å². The van der Waals surface area contributed by atoms with Crippen LogP contribution in [0.4, 0.5) is 0 Å². The van der Waals surface area contributed by atoms with E-state index in [1.165, 1.54) is 5.57 Å². The van der Waals surface area contributed by atoms with Gasteiger partial charge in [0.25, 0.3) is 0 Å². The second kappa shape index (κ2) is 11.2. The second-order valence-corrected chi connectivity index (χ2v) is 14.4. The number of phenols is 2. The van der Waals surface area contributed by atoms with Crippen LogP contribution in [0, 0.1) is 11.8 Å². The molecule has 0 radical (unpaired) electrons. The van der Waals surface area contributed by atoms with Crippen LogP contribution >= 0.6 is 0 Å². The molecule has 6 heteroatoms. The standard InChI is InChI=1S/C38H48O6/c1-21(2)11-10-12-24(7)14-16-26-31(39)27(15-13-22(3)4)34-30(32(26)40)33(41)28-19-25-20-29-36(8,9)44-37(35(25)42,18-17-23(5)6)38(28,29)43-34/h11,13-14,17,19,25,29,39-40H,10,12,15-16,18,20H2,1-9H3/b24-14+/t25-,29?,37-,38-/m1/s1. The Balaban J connectivity index is 1.71. The van der Waals surface area contributed by atoms with E-state index in [2.05, 4.69) is 19.9 Å².